The molecule has 0 aliphatic carbocycles. The van der Waals surface area contributed by atoms with Crippen LogP contribution in [-0.2, 0) is 6.54 Å². The van der Waals surface area contributed by atoms with E-state index in [0.717, 1.165) is 22.4 Å². The van der Waals surface area contributed by atoms with Crippen LogP contribution in [0.1, 0.15) is 38.3 Å². The van der Waals surface area contributed by atoms with Gasteiger partial charge in [-0.25, -0.2) is 4.98 Å². The third kappa shape index (κ3) is 3.79. The molecule has 150 valence electrons. The van der Waals surface area contributed by atoms with E-state index < -0.39 is 0 Å². The number of nitrogens with zero attached hydrogens (tertiary/aromatic N) is 2. The fourth-order valence-electron chi connectivity index (χ4n) is 3.64. The molecule has 4 nitrogen and oxygen atoms in total. The Morgan fingerprint density at radius 2 is 1.70 bits per heavy atom. The SMILES string of the molecule is Cc1ccc(C(=O)c2cn(Cc3ccc(Cl)cc3)c3nc(C)ccc3c2=O)c(C)c1. The molecular formula is C25H21ClN2O2. The van der Waals surface area contributed by atoms with Crippen molar-refractivity contribution in [3.63, 3.8) is 0 Å². The number of hydrogen-bond acceptors (Lipinski definition) is 3. The molecule has 0 radical (unpaired) electrons. The normalized spacial score (nSPS) is 11.1. The van der Waals surface area contributed by atoms with Gasteiger partial charge in [-0.1, -0.05) is 47.5 Å². The lowest BCUT2D eigenvalue weighted by Gasteiger charge is -2.14. The molecule has 0 spiro atoms. The van der Waals surface area contributed by atoms with Crippen molar-refractivity contribution in [1.82, 2.24) is 9.55 Å². The zero-order valence-electron chi connectivity index (χ0n) is 17.1. The minimum atomic E-state index is -0.296. The largest absolute Gasteiger partial charge is 0.327 e. The molecule has 2 aromatic heterocycles. The fraction of sp³-hybridized carbons (Fsp3) is 0.160. The van der Waals surface area contributed by atoms with Crippen molar-refractivity contribution in [1.29, 1.82) is 0 Å². The van der Waals surface area contributed by atoms with Gasteiger partial charge in [0.05, 0.1) is 10.9 Å². The van der Waals surface area contributed by atoms with Gasteiger partial charge in [0.2, 0.25) is 5.43 Å². The van der Waals surface area contributed by atoms with Crippen LogP contribution in [0.25, 0.3) is 11.0 Å². The molecule has 2 aromatic carbocycles. The van der Waals surface area contributed by atoms with Gasteiger partial charge >= 0.3 is 0 Å². The second-order valence-electron chi connectivity index (χ2n) is 7.60. The number of hydrogen-bond donors (Lipinski definition) is 0. The molecule has 0 aliphatic heterocycles. The highest BCUT2D eigenvalue weighted by atomic mass is 35.5. The van der Waals surface area contributed by atoms with E-state index in [2.05, 4.69) is 4.98 Å². The second-order valence-corrected chi connectivity index (χ2v) is 8.03. The summed E-state index contributed by atoms with van der Waals surface area (Å²) in [5, 5.41) is 1.09. The highest BCUT2D eigenvalue weighted by molar-refractivity contribution is 6.30. The Bertz CT molecular complexity index is 1340. The molecule has 30 heavy (non-hydrogen) atoms. The van der Waals surface area contributed by atoms with Crippen molar-refractivity contribution in [2.45, 2.75) is 27.3 Å². The van der Waals surface area contributed by atoms with Crippen molar-refractivity contribution >= 4 is 28.4 Å². The number of benzene rings is 2. The zero-order chi connectivity index (χ0) is 21.4. The van der Waals surface area contributed by atoms with E-state index in [9.17, 15) is 9.59 Å². The van der Waals surface area contributed by atoms with Crippen molar-refractivity contribution < 1.29 is 4.79 Å². The number of ketones is 1. The van der Waals surface area contributed by atoms with Crippen LogP contribution in [0.15, 0.2) is 65.6 Å². The van der Waals surface area contributed by atoms with Crippen LogP contribution >= 0.6 is 11.6 Å². The molecule has 0 saturated carbocycles. The van der Waals surface area contributed by atoms with Gasteiger partial charge in [-0.15, -0.1) is 0 Å². The number of halogens is 1. The Morgan fingerprint density at radius 3 is 2.40 bits per heavy atom. The van der Waals surface area contributed by atoms with Gasteiger partial charge in [-0.3, -0.25) is 9.59 Å². The van der Waals surface area contributed by atoms with Crippen LogP contribution in [0.4, 0.5) is 0 Å². The minimum absolute atomic E-state index is 0.147. The number of pyridine rings is 2. The Kier molecular flexibility index (Phi) is 5.27. The number of aromatic nitrogens is 2. The van der Waals surface area contributed by atoms with Gasteiger partial charge in [-0.05, 0) is 56.2 Å². The third-order valence-electron chi connectivity index (χ3n) is 5.20. The van der Waals surface area contributed by atoms with E-state index in [-0.39, 0.29) is 16.8 Å². The van der Waals surface area contributed by atoms with Gasteiger partial charge < -0.3 is 4.57 Å². The van der Waals surface area contributed by atoms with E-state index in [0.29, 0.717) is 28.2 Å². The van der Waals surface area contributed by atoms with Crippen LogP contribution in [0.3, 0.4) is 0 Å². The van der Waals surface area contributed by atoms with Crippen LogP contribution < -0.4 is 5.43 Å². The predicted molar refractivity (Wildman–Crippen MR) is 121 cm³/mol. The average Bonchev–Trinajstić information content (AvgIpc) is 2.71. The van der Waals surface area contributed by atoms with Crippen LogP contribution in [0, 0.1) is 20.8 Å². The van der Waals surface area contributed by atoms with Crippen LogP contribution in [0.5, 0.6) is 0 Å². The molecule has 0 aliphatic rings. The van der Waals surface area contributed by atoms with Gasteiger partial charge in [0, 0.05) is 29.0 Å². The van der Waals surface area contributed by atoms with Crippen molar-refractivity contribution in [3.8, 4) is 0 Å². The van der Waals surface area contributed by atoms with Crippen LogP contribution in [-0.4, -0.2) is 15.3 Å². The lowest BCUT2D eigenvalue weighted by molar-refractivity contribution is 0.103. The third-order valence-corrected chi connectivity index (χ3v) is 5.45. The Labute approximate surface area is 179 Å². The quantitative estimate of drug-likeness (QED) is 0.427. The molecule has 0 amide bonds. The molecule has 0 fully saturated rings. The topological polar surface area (TPSA) is 52.0 Å². The molecule has 0 unspecified atom stereocenters. The van der Waals surface area contributed by atoms with Gasteiger partial charge in [-0.2, -0.15) is 0 Å². The maximum atomic E-state index is 13.3. The summed E-state index contributed by atoms with van der Waals surface area (Å²) in [6, 6.07) is 16.7. The summed E-state index contributed by atoms with van der Waals surface area (Å²) >= 11 is 6.01. The van der Waals surface area contributed by atoms with E-state index in [1.54, 1.807) is 24.4 Å². The molecule has 0 saturated heterocycles. The first-order valence-corrected chi connectivity index (χ1v) is 10.1. The van der Waals surface area contributed by atoms with E-state index in [4.69, 9.17) is 11.6 Å². The van der Waals surface area contributed by atoms with Crippen molar-refractivity contribution in [2.24, 2.45) is 0 Å². The van der Waals surface area contributed by atoms with E-state index in [1.165, 1.54) is 0 Å². The monoisotopic (exact) mass is 416 g/mol. The van der Waals surface area contributed by atoms with Gasteiger partial charge in [0.25, 0.3) is 0 Å². The van der Waals surface area contributed by atoms with E-state index >= 15 is 0 Å². The highest BCUT2D eigenvalue weighted by Crippen LogP contribution is 2.19. The summed E-state index contributed by atoms with van der Waals surface area (Å²) in [6.07, 6.45) is 1.63. The molecule has 0 N–H and O–H groups in total. The Hall–Kier alpha value is -3.24. The maximum absolute atomic E-state index is 13.3. The molecule has 4 rings (SSSR count). The summed E-state index contributed by atoms with van der Waals surface area (Å²) in [4.78, 5) is 31.1. The van der Waals surface area contributed by atoms with Gasteiger partial charge in [0.15, 0.2) is 5.78 Å². The molecule has 0 atom stereocenters. The lowest BCUT2D eigenvalue weighted by Crippen LogP contribution is -2.21. The van der Waals surface area contributed by atoms with Crippen molar-refractivity contribution in [2.75, 3.05) is 0 Å². The first kappa shape index (κ1) is 20.0. The van der Waals surface area contributed by atoms with Crippen LogP contribution in [0.2, 0.25) is 5.02 Å². The Balaban J connectivity index is 1.91. The first-order chi connectivity index (χ1) is 14.3. The average molecular weight is 417 g/mol. The summed E-state index contributed by atoms with van der Waals surface area (Å²) in [6.45, 7) is 6.21. The summed E-state index contributed by atoms with van der Waals surface area (Å²) in [5.74, 6) is -0.273. The smallest absolute Gasteiger partial charge is 0.202 e. The summed E-state index contributed by atoms with van der Waals surface area (Å²) < 4.78 is 1.86. The predicted octanol–water partition coefficient (Wildman–Crippen LogP) is 5.25. The molecule has 4 aromatic rings. The van der Waals surface area contributed by atoms with Crippen molar-refractivity contribution in [3.05, 3.63) is 110 Å². The Morgan fingerprint density at radius 1 is 0.967 bits per heavy atom. The molecule has 0 bridgehead atoms. The summed E-state index contributed by atoms with van der Waals surface area (Å²) in [5.41, 5.74) is 4.68. The zero-order valence-corrected chi connectivity index (χ0v) is 17.8. The van der Waals surface area contributed by atoms with Gasteiger partial charge in [0.1, 0.15) is 5.65 Å². The molecule has 2 heterocycles. The first-order valence-electron chi connectivity index (χ1n) is 9.70. The number of fused-ring (bicyclic) bond motifs is 1. The number of carbonyl (C=O) groups is 1. The minimum Gasteiger partial charge on any atom is -0.327 e. The summed E-state index contributed by atoms with van der Waals surface area (Å²) in [7, 11) is 0. The number of rotatable bonds is 4. The van der Waals surface area contributed by atoms with E-state index in [1.807, 2.05) is 61.7 Å². The second kappa shape index (κ2) is 7.88. The fourth-order valence-corrected chi connectivity index (χ4v) is 3.77. The maximum Gasteiger partial charge on any atom is 0.202 e. The molecule has 5 heteroatoms. The standard InChI is InChI=1S/C25H21ClN2O2/c1-15-4-10-20(16(2)12-15)23(29)22-14-28(13-18-6-8-19(26)9-7-18)25-21(24(22)30)11-5-17(3)27-25/h4-12,14H,13H2,1-3H3. The number of aryl methyl sites for hydroxylation is 3. The highest BCUT2D eigenvalue weighted by Gasteiger charge is 2.19. The number of carbonyl (C=O) groups excluding carboxylic acids is 1. The molecular weight excluding hydrogens is 396 g/mol. The lowest BCUT2D eigenvalue weighted by atomic mass is 9.97.